The molecule has 0 aromatic carbocycles. The summed E-state index contributed by atoms with van der Waals surface area (Å²) >= 11 is 6.40. The number of thiocarbonyl (C=S) groups is 1. The molecule has 0 fully saturated rings. The number of rotatable bonds is 3. The fourth-order valence-corrected chi connectivity index (χ4v) is 1.52. The van der Waals surface area contributed by atoms with Gasteiger partial charge in [-0.15, -0.1) is 0 Å². The lowest BCUT2D eigenvalue weighted by Crippen LogP contribution is -2.07. The molecule has 0 aliphatic carbocycles. The molecule has 1 heterocycles. The van der Waals surface area contributed by atoms with Crippen molar-refractivity contribution in [1.82, 2.24) is 4.98 Å². The Kier molecular flexibility index (Phi) is 4.74. The topological polar surface area (TPSA) is 45.1 Å². The van der Waals surface area contributed by atoms with Crippen LogP contribution >= 0.6 is 24.0 Å². The van der Waals surface area contributed by atoms with E-state index in [1.807, 2.05) is 18.2 Å². The van der Waals surface area contributed by atoms with Gasteiger partial charge < -0.3 is 10.4 Å². The smallest absolute Gasteiger partial charge is 0.139 e. The first-order valence-corrected chi connectivity index (χ1v) is 5.18. The summed E-state index contributed by atoms with van der Waals surface area (Å²) in [6.07, 6.45) is 1.70. The average Bonchev–Trinajstić information content (AvgIpc) is 2.16. The quantitative estimate of drug-likeness (QED) is 0.747. The largest absolute Gasteiger partial charge is 0.396 e. The Morgan fingerprint density at radius 1 is 1.62 bits per heavy atom. The summed E-state index contributed by atoms with van der Waals surface area (Å²) in [5, 5.41) is 11.5. The lowest BCUT2D eigenvalue weighted by Gasteiger charge is -2.04. The Bertz CT molecular complexity index is 266. The predicted octanol–water partition coefficient (Wildman–Crippen LogP) is 1.50. The van der Waals surface area contributed by atoms with E-state index in [0.717, 1.165) is 5.82 Å². The molecule has 2 N–H and O–H groups in total. The minimum absolute atomic E-state index is 0.134. The van der Waals surface area contributed by atoms with Crippen LogP contribution in [0.3, 0.4) is 0 Å². The van der Waals surface area contributed by atoms with Crippen molar-refractivity contribution in [3.8, 4) is 0 Å². The van der Waals surface area contributed by atoms with Crippen LogP contribution in [0, 0.1) is 0 Å². The minimum atomic E-state index is 0.134. The highest BCUT2D eigenvalue weighted by molar-refractivity contribution is 8.23. The number of aliphatic hydroxyl groups is 1. The Balaban J connectivity index is 2.37. The van der Waals surface area contributed by atoms with Crippen molar-refractivity contribution in [2.75, 3.05) is 17.7 Å². The maximum atomic E-state index is 8.56. The number of nitrogens with one attached hydrogen (secondary N) is 1. The third kappa shape index (κ3) is 4.21. The molecule has 1 aromatic heterocycles. The summed E-state index contributed by atoms with van der Waals surface area (Å²) in [4.78, 5) is 4.05. The summed E-state index contributed by atoms with van der Waals surface area (Å²) in [5.41, 5.74) is 0. The number of nitrogens with zero attached hydrogens (tertiary/aromatic N) is 1. The van der Waals surface area contributed by atoms with Crippen LogP contribution in [0.2, 0.25) is 0 Å². The van der Waals surface area contributed by atoms with Crippen LogP contribution in [0.5, 0.6) is 0 Å². The van der Waals surface area contributed by atoms with E-state index in [0.29, 0.717) is 10.1 Å². The van der Waals surface area contributed by atoms with Crippen LogP contribution in [0.1, 0.15) is 0 Å². The number of pyridine rings is 1. The molecule has 0 saturated heterocycles. The highest BCUT2D eigenvalue weighted by atomic mass is 32.2. The Morgan fingerprint density at radius 2 is 2.46 bits per heavy atom. The van der Waals surface area contributed by atoms with Gasteiger partial charge in [-0.25, -0.2) is 4.98 Å². The number of hydrogen-bond donors (Lipinski definition) is 2. The molecule has 0 saturated carbocycles. The first-order chi connectivity index (χ1) is 6.33. The second-order valence-corrected chi connectivity index (χ2v) is 3.97. The summed E-state index contributed by atoms with van der Waals surface area (Å²) in [5.74, 6) is 1.34. The van der Waals surface area contributed by atoms with Crippen molar-refractivity contribution >= 4 is 34.1 Å². The second-order valence-electron chi connectivity index (χ2n) is 2.20. The monoisotopic (exact) mass is 214 g/mol. The molecule has 0 spiro atoms. The van der Waals surface area contributed by atoms with Crippen LogP contribution in [-0.2, 0) is 0 Å². The molecule has 13 heavy (non-hydrogen) atoms. The molecule has 0 aliphatic heterocycles. The molecular weight excluding hydrogens is 204 g/mol. The predicted molar refractivity (Wildman–Crippen MR) is 60.0 cm³/mol. The van der Waals surface area contributed by atoms with E-state index in [2.05, 4.69) is 10.3 Å². The fraction of sp³-hybridized carbons (Fsp3) is 0.250. The zero-order valence-electron chi connectivity index (χ0n) is 6.93. The van der Waals surface area contributed by atoms with E-state index >= 15 is 0 Å². The van der Waals surface area contributed by atoms with E-state index in [1.165, 1.54) is 11.8 Å². The normalized spacial score (nSPS) is 9.62. The van der Waals surface area contributed by atoms with Crippen LogP contribution in [0.25, 0.3) is 0 Å². The van der Waals surface area contributed by atoms with Crippen molar-refractivity contribution in [3.05, 3.63) is 24.4 Å². The van der Waals surface area contributed by atoms with Crippen molar-refractivity contribution in [3.63, 3.8) is 0 Å². The summed E-state index contributed by atoms with van der Waals surface area (Å²) in [6, 6.07) is 5.57. The molecule has 0 aliphatic rings. The molecule has 3 nitrogen and oxygen atoms in total. The minimum Gasteiger partial charge on any atom is -0.396 e. The zero-order chi connectivity index (χ0) is 9.52. The average molecular weight is 214 g/mol. The van der Waals surface area contributed by atoms with Crippen LogP contribution < -0.4 is 5.32 Å². The number of hydrogen-bond acceptors (Lipinski definition) is 4. The molecule has 0 amide bonds. The lowest BCUT2D eigenvalue weighted by atomic mass is 10.5. The zero-order valence-corrected chi connectivity index (χ0v) is 8.57. The van der Waals surface area contributed by atoms with E-state index < -0.39 is 0 Å². The van der Waals surface area contributed by atoms with Crippen molar-refractivity contribution in [1.29, 1.82) is 0 Å². The van der Waals surface area contributed by atoms with Gasteiger partial charge in [-0.1, -0.05) is 30.0 Å². The Labute approximate surface area is 86.6 Å². The standard InChI is InChI=1S/C8H10N2OS2/c11-5-6-13-8(12)10-7-3-1-2-4-9-7/h1-4,11H,5-6H2,(H,9,10,12). The van der Waals surface area contributed by atoms with Gasteiger partial charge in [0, 0.05) is 11.9 Å². The van der Waals surface area contributed by atoms with Crippen molar-refractivity contribution < 1.29 is 5.11 Å². The van der Waals surface area contributed by atoms with Crippen LogP contribution in [0.15, 0.2) is 24.4 Å². The van der Waals surface area contributed by atoms with Gasteiger partial charge in [0.15, 0.2) is 0 Å². The fourth-order valence-electron chi connectivity index (χ4n) is 0.716. The third-order valence-electron chi connectivity index (χ3n) is 1.22. The first kappa shape index (κ1) is 10.4. The molecule has 0 atom stereocenters. The SMILES string of the molecule is OCCSC(=S)Nc1ccccn1. The highest BCUT2D eigenvalue weighted by Crippen LogP contribution is 2.07. The van der Waals surface area contributed by atoms with Gasteiger partial charge in [0.05, 0.1) is 6.61 Å². The van der Waals surface area contributed by atoms with Gasteiger partial charge in [-0.05, 0) is 12.1 Å². The van der Waals surface area contributed by atoms with Gasteiger partial charge in [0.1, 0.15) is 10.1 Å². The second kappa shape index (κ2) is 5.90. The lowest BCUT2D eigenvalue weighted by molar-refractivity contribution is 0.323. The van der Waals surface area contributed by atoms with Gasteiger partial charge in [-0.2, -0.15) is 0 Å². The highest BCUT2D eigenvalue weighted by Gasteiger charge is 1.97. The van der Waals surface area contributed by atoms with E-state index in [1.54, 1.807) is 6.20 Å². The van der Waals surface area contributed by atoms with E-state index in [9.17, 15) is 0 Å². The van der Waals surface area contributed by atoms with Gasteiger partial charge in [-0.3, -0.25) is 0 Å². The van der Waals surface area contributed by atoms with E-state index in [-0.39, 0.29) is 6.61 Å². The molecule has 5 heteroatoms. The number of aliphatic hydroxyl groups excluding tert-OH is 1. The molecule has 0 radical (unpaired) electrons. The van der Waals surface area contributed by atoms with Crippen molar-refractivity contribution in [2.45, 2.75) is 0 Å². The van der Waals surface area contributed by atoms with Crippen LogP contribution in [0.4, 0.5) is 5.82 Å². The Morgan fingerprint density at radius 3 is 3.08 bits per heavy atom. The summed E-state index contributed by atoms with van der Waals surface area (Å²) < 4.78 is 0.632. The van der Waals surface area contributed by atoms with Gasteiger partial charge in [0.2, 0.25) is 0 Å². The molecule has 0 bridgehead atoms. The van der Waals surface area contributed by atoms with E-state index in [4.69, 9.17) is 17.3 Å². The van der Waals surface area contributed by atoms with Gasteiger partial charge in [0.25, 0.3) is 0 Å². The first-order valence-electron chi connectivity index (χ1n) is 3.78. The summed E-state index contributed by atoms with van der Waals surface area (Å²) in [6.45, 7) is 0.134. The number of anilines is 1. The molecule has 1 aromatic rings. The molecular formula is C8H10N2OS2. The maximum Gasteiger partial charge on any atom is 0.139 e. The molecule has 0 unspecified atom stereocenters. The number of aromatic nitrogens is 1. The summed E-state index contributed by atoms with van der Waals surface area (Å²) in [7, 11) is 0. The molecule has 1 rings (SSSR count). The maximum absolute atomic E-state index is 8.56. The van der Waals surface area contributed by atoms with Crippen molar-refractivity contribution in [2.24, 2.45) is 0 Å². The Hall–Kier alpha value is -0.650. The van der Waals surface area contributed by atoms with Crippen LogP contribution in [-0.4, -0.2) is 26.8 Å². The van der Waals surface area contributed by atoms with Gasteiger partial charge >= 0.3 is 0 Å². The molecule has 70 valence electrons. The third-order valence-corrected chi connectivity index (χ3v) is 2.43. The number of thioether (sulfide) groups is 1.